The Bertz CT molecular complexity index is 687. The average molecular weight is 289 g/mol. The number of carboxylic acid groups (broad SMARTS) is 1. The van der Waals surface area contributed by atoms with E-state index in [0.717, 1.165) is 25.7 Å². The van der Waals surface area contributed by atoms with Crippen molar-refractivity contribution < 1.29 is 18.8 Å². The Balaban J connectivity index is 2.09. The van der Waals surface area contributed by atoms with E-state index in [2.05, 4.69) is 5.16 Å². The van der Waals surface area contributed by atoms with Crippen LogP contribution in [0.1, 0.15) is 53.3 Å². The van der Waals surface area contributed by atoms with Gasteiger partial charge in [0.25, 0.3) is 0 Å². The van der Waals surface area contributed by atoms with Crippen molar-refractivity contribution in [3.63, 3.8) is 0 Å². The van der Waals surface area contributed by atoms with Crippen molar-refractivity contribution in [1.29, 1.82) is 0 Å². The van der Waals surface area contributed by atoms with Gasteiger partial charge in [0.05, 0.1) is 0 Å². The van der Waals surface area contributed by atoms with Crippen molar-refractivity contribution in [2.75, 3.05) is 0 Å². The molecule has 1 saturated carbocycles. The second-order valence-electron chi connectivity index (χ2n) is 5.52. The van der Waals surface area contributed by atoms with Gasteiger partial charge in [0.2, 0.25) is 0 Å². The first-order valence-electron chi connectivity index (χ1n) is 7.07. The normalized spacial score (nSPS) is 15.5. The minimum absolute atomic E-state index is 0.0742. The zero-order valence-corrected chi connectivity index (χ0v) is 11.7. The predicted molar refractivity (Wildman–Crippen MR) is 74.8 cm³/mol. The van der Waals surface area contributed by atoms with Gasteiger partial charge in [0, 0.05) is 11.5 Å². The van der Waals surface area contributed by atoms with Gasteiger partial charge in [-0.05, 0) is 31.4 Å². The average Bonchev–Trinajstić information content (AvgIpc) is 3.09. The SMILES string of the molecule is Cc1ccc(-c2noc(C3CCCC3)c2C(=O)O)cc1F. The van der Waals surface area contributed by atoms with E-state index in [-0.39, 0.29) is 23.0 Å². The third kappa shape index (κ3) is 2.44. The van der Waals surface area contributed by atoms with Crippen LogP contribution in [-0.2, 0) is 0 Å². The smallest absolute Gasteiger partial charge is 0.341 e. The van der Waals surface area contributed by atoms with E-state index in [1.807, 2.05) is 0 Å². The Hall–Kier alpha value is -2.17. The van der Waals surface area contributed by atoms with Crippen LogP contribution in [0.25, 0.3) is 11.3 Å². The molecule has 1 heterocycles. The number of aromatic carboxylic acids is 1. The lowest BCUT2D eigenvalue weighted by Crippen LogP contribution is -2.04. The highest BCUT2D eigenvalue weighted by Gasteiger charge is 2.31. The van der Waals surface area contributed by atoms with Crippen LogP contribution >= 0.6 is 0 Å². The van der Waals surface area contributed by atoms with Crippen LogP contribution in [0.2, 0.25) is 0 Å². The molecule has 0 spiro atoms. The molecule has 1 aliphatic rings. The maximum atomic E-state index is 13.7. The molecule has 0 bridgehead atoms. The van der Waals surface area contributed by atoms with E-state index in [4.69, 9.17) is 4.52 Å². The summed E-state index contributed by atoms with van der Waals surface area (Å²) in [5, 5.41) is 13.4. The molecule has 0 radical (unpaired) electrons. The molecule has 110 valence electrons. The van der Waals surface area contributed by atoms with Gasteiger partial charge in [0.1, 0.15) is 17.1 Å². The Labute approximate surface area is 121 Å². The topological polar surface area (TPSA) is 63.3 Å². The van der Waals surface area contributed by atoms with Gasteiger partial charge in [0.15, 0.2) is 5.76 Å². The lowest BCUT2D eigenvalue weighted by Gasteiger charge is -2.06. The maximum absolute atomic E-state index is 13.7. The molecular formula is C16H16FNO3. The zero-order chi connectivity index (χ0) is 15.0. The molecule has 0 atom stereocenters. The number of benzene rings is 1. The summed E-state index contributed by atoms with van der Waals surface area (Å²) in [6.07, 6.45) is 3.96. The Morgan fingerprint density at radius 3 is 2.71 bits per heavy atom. The highest BCUT2D eigenvalue weighted by atomic mass is 19.1. The van der Waals surface area contributed by atoms with Crippen LogP contribution in [0.3, 0.4) is 0 Å². The summed E-state index contributed by atoms with van der Waals surface area (Å²) in [5.41, 5.74) is 1.23. The lowest BCUT2D eigenvalue weighted by molar-refractivity contribution is 0.0694. The van der Waals surface area contributed by atoms with Crippen molar-refractivity contribution >= 4 is 5.97 Å². The first-order valence-corrected chi connectivity index (χ1v) is 7.07. The van der Waals surface area contributed by atoms with Gasteiger partial charge < -0.3 is 9.63 Å². The summed E-state index contributed by atoms with van der Waals surface area (Å²) in [5.74, 6) is -0.924. The minimum Gasteiger partial charge on any atom is -0.477 e. The van der Waals surface area contributed by atoms with E-state index in [9.17, 15) is 14.3 Å². The van der Waals surface area contributed by atoms with Crippen LogP contribution in [-0.4, -0.2) is 16.2 Å². The van der Waals surface area contributed by atoms with Crippen LogP contribution in [0.15, 0.2) is 22.7 Å². The van der Waals surface area contributed by atoms with E-state index in [1.165, 1.54) is 6.07 Å². The number of halogens is 1. The van der Waals surface area contributed by atoms with Crippen molar-refractivity contribution in [2.45, 2.75) is 38.5 Å². The highest BCUT2D eigenvalue weighted by Crippen LogP contribution is 2.39. The number of hydrogen-bond donors (Lipinski definition) is 1. The fraction of sp³-hybridized carbons (Fsp3) is 0.375. The first kappa shape index (κ1) is 13.8. The minimum atomic E-state index is -1.07. The Morgan fingerprint density at radius 1 is 1.38 bits per heavy atom. The number of hydrogen-bond acceptors (Lipinski definition) is 3. The Morgan fingerprint density at radius 2 is 2.10 bits per heavy atom. The number of aryl methyl sites for hydroxylation is 1. The number of rotatable bonds is 3. The number of nitrogens with zero attached hydrogens (tertiary/aromatic N) is 1. The molecule has 0 saturated heterocycles. The third-order valence-electron chi connectivity index (χ3n) is 4.10. The molecule has 3 rings (SSSR count). The van der Waals surface area contributed by atoms with Crippen LogP contribution < -0.4 is 0 Å². The van der Waals surface area contributed by atoms with Crippen molar-refractivity contribution in [3.05, 3.63) is 40.9 Å². The highest BCUT2D eigenvalue weighted by molar-refractivity contribution is 5.96. The molecule has 1 aliphatic carbocycles. The summed E-state index contributed by atoms with van der Waals surface area (Å²) in [7, 11) is 0. The molecule has 1 aromatic heterocycles. The van der Waals surface area contributed by atoms with Crippen molar-refractivity contribution in [2.24, 2.45) is 0 Å². The van der Waals surface area contributed by atoms with E-state index in [0.29, 0.717) is 16.9 Å². The molecule has 1 fully saturated rings. The molecule has 21 heavy (non-hydrogen) atoms. The van der Waals surface area contributed by atoms with E-state index < -0.39 is 5.97 Å². The Kier molecular flexibility index (Phi) is 3.49. The maximum Gasteiger partial charge on any atom is 0.341 e. The fourth-order valence-corrected chi connectivity index (χ4v) is 2.91. The quantitative estimate of drug-likeness (QED) is 0.922. The molecular weight excluding hydrogens is 273 g/mol. The molecule has 0 amide bonds. The first-order chi connectivity index (χ1) is 10.1. The van der Waals surface area contributed by atoms with Crippen LogP contribution in [0.5, 0.6) is 0 Å². The van der Waals surface area contributed by atoms with Crippen molar-refractivity contribution in [1.82, 2.24) is 5.16 Å². The van der Waals surface area contributed by atoms with E-state index >= 15 is 0 Å². The van der Waals surface area contributed by atoms with Gasteiger partial charge in [-0.1, -0.05) is 30.1 Å². The monoisotopic (exact) mass is 289 g/mol. The van der Waals surface area contributed by atoms with Gasteiger partial charge in [-0.2, -0.15) is 0 Å². The number of aromatic nitrogens is 1. The second-order valence-corrected chi connectivity index (χ2v) is 5.52. The van der Waals surface area contributed by atoms with E-state index in [1.54, 1.807) is 19.1 Å². The summed E-state index contributed by atoms with van der Waals surface area (Å²) in [6, 6.07) is 4.58. The van der Waals surface area contributed by atoms with Crippen molar-refractivity contribution in [3.8, 4) is 11.3 Å². The van der Waals surface area contributed by atoms with Crippen LogP contribution in [0, 0.1) is 12.7 Å². The zero-order valence-electron chi connectivity index (χ0n) is 11.7. The number of carbonyl (C=O) groups is 1. The summed E-state index contributed by atoms with van der Waals surface area (Å²) >= 11 is 0. The van der Waals surface area contributed by atoms with Gasteiger partial charge in [-0.25, -0.2) is 9.18 Å². The molecule has 4 nitrogen and oxygen atoms in total. The summed E-state index contributed by atoms with van der Waals surface area (Å²) in [4.78, 5) is 11.6. The molecule has 1 aromatic carbocycles. The molecule has 5 heteroatoms. The third-order valence-corrected chi connectivity index (χ3v) is 4.10. The van der Waals surface area contributed by atoms with Gasteiger partial charge in [-0.15, -0.1) is 0 Å². The summed E-state index contributed by atoms with van der Waals surface area (Å²) < 4.78 is 19.0. The number of carboxylic acids is 1. The molecule has 0 aliphatic heterocycles. The molecule has 2 aromatic rings. The second kappa shape index (κ2) is 5.31. The standard InChI is InChI=1S/C16H16FNO3/c1-9-6-7-11(8-12(9)17)14-13(16(19)20)15(21-18-14)10-4-2-3-5-10/h6-8,10H,2-5H2,1H3,(H,19,20). The molecule has 1 N–H and O–H groups in total. The van der Waals surface area contributed by atoms with Gasteiger partial charge >= 0.3 is 5.97 Å². The fourth-order valence-electron chi connectivity index (χ4n) is 2.91. The van der Waals surface area contributed by atoms with Crippen LogP contribution in [0.4, 0.5) is 4.39 Å². The van der Waals surface area contributed by atoms with Gasteiger partial charge in [-0.3, -0.25) is 0 Å². The summed E-state index contributed by atoms with van der Waals surface area (Å²) in [6.45, 7) is 1.66. The molecule has 0 unspecified atom stereocenters. The lowest BCUT2D eigenvalue weighted by atomic mass is 9.97. The largest absolute Gasteiger partial charge is 0.477 e. The predicted octanol–water partition coefficient (Wildman–Crippen LogP) is 4.14.